The molecule has 0 radical (unpaired) electrons. The van der Waals surface area contributed by atoms with Gasteiger partial charge in [-0.25, -0.2) is 4.98 Å². The summed E-state index contributed by atoms with van der Waals surface area (Å²) in [5.74, 6) is 0.509. The van der Waals surface area contributed by atoms with Crippen LogP contribution in [0.3, 0.4) is 0 Å². The van der Waals surface area contributed by atoms with Crippen LogP contribution in [0, 0.1) is 0 Å². The van der Waals surface area contributed by atoms with Crippen molar-refractivity contribution in [3.63, 3.8) is 0 Å². The van der Waals surface area contributed by atoms with Crippen LogP contribution >= 0.6 is 15.9 Å². The van der Waals surface area contributed by atoms with Crippen LogP contribution in [0.2, 0.25) is 0 Å². The molecular formula is C14H9BrN2O. The minimum Gasteiger partial charge on any atom is -0.268 e. The molecule has 1 aromatic heterocycles. The normalized spacial score (nSPS) is 13.9. The molecule has 1 aliphatic rings. The maximum absolute atomic E-state index is 12.3. The molecule has 3 nitrogen and oxygen atoms in total. The van der Waals surface area contributed by atoms with Crippen LogP contribution in [0.5, 0.6) is 0 Å². The SMILES string of the molecule is C=C1c2ccccc2C(=O)N1c1ccc(Br)cn1. The fourth-order valence-electron chi connectivity index (χ4n) is 2.03. The van der Waals surface area contributed by atoms with Crippen molar-refractivity contribution in [1.29, 1.82) is 0 Å². The molecule has 1 amide bonds. The van der Waals surface area contributed by atoms with Crippen molar-refractivity contribution in [2.45, 2.75) is 0 Å². The Morgan fingerprint density at radius 2 is 1.83 bits per heavy atom. The van der Waals surface area contributed by atoms with Gasteiger partial charge in [0.05, 0.1) is 5.70 Å². The lowest BCUT2D eigenvalue weighted by Crippen LogP contribution is -2.22. The second-order valence-electron chi connectivity index (χ2n) is 3.97. The largest absolute Gasteiger partial charge is 0.268 e. The van der Waals surface area contributed by atoms with E-state index in [9.17, 15) is 4.79 Å². The van der Waals surface area contributed by atoms with Gasteiger partial charge >= 0.3 is 0 Å². The summed E-state index contributed by atoms with van der Waals surface area (Å²) in [5, 5.41) is 0. The number of benzene rings is 1. The minimum atomic E-state index is -0.0783. The molecule has 0 atom stereocenters. The number of hydrogen-bond acceptors (Lipinski definition) is 2. The number of fused-ring (bicyclic) bond motifs is 1. The van der Waals surface area contributed by atoms with Gasteiger partial charge in [0.2, 0.25) is 0 Å². The Morgan fingerprint density at radius 1 is 1.11 bits per heavy atom. The van der Waals surface area contributed by atoms with Crippen molar-refractivity contribution in [2.24, 2.45) is 0 Å². The van der Waals surface area contributed by atoms with Crippen LogP contribution in [0.4, 0.5) is 5.82 Å². The predicted molar refractivity (Wildman–Crippen MR) is 74.2 cm³/mol. The third-order valence-electron chi connectivity index (χ3n) is 2.88. The van der Waals surface area contributed by atoms with Crippen LogP contribution in [0.15, 0.2) is 53.6 Å². The lowest BCUT2D eigenvalue weighted by molar-refractivity contribution is 0.101. The number of aromatic nitrogens is 1. The van der Waals surface area contributed by atoms with Crippen molar-refractivity contribution in [1.82, 2.24) is 4.98 Å². The number of anilines is 1. The van der Waals surface area contributed by atoms with Gasteiger partial charge in [-0.05, 0) is 34.1 Å². The maximum atomic E-state index is 12.3. The highest BCUT2D eigenvalue weighted by Gasteiger charge is 2.32. The van der Waals surface area contributed by atoms with Gasteiger partial charge in [0, 0.05) is 21.8 Å². The average molecular weight is 301 g/mol. The van der Waals surface area contributed by atoms with Crippen LogP contribution in [-0.4, -0.2) is 10.9 Å². The van der Waals surface area contributed by atoms with Crippen molar-refractivity contribution >= 4 is 33.4 Å². The third kappa shape index (κ3) is 1.57. The number of rotatable bonds is 1. The molecule has 0 aliphatic carbocycles. The molecule has 0 saturated heterocycles. The standard InChI is InChI=1S/C14H9BrN2O/c1-9-11-4-2-3-5-12(11)14(18)17(9)13-7-6-10(15)8-16-13/h2-8H,1H2. The summed E-state index contributed by atoms with van der Waals surface area (Å²) in [6.45, 7) is 3.98. The summed E-state index contributed by atoms with van der Waals surface area (Å²) in [6.07, 6.45) is 1.67. The molecule has 2 aromatic rings. The number of hydrogen-bond donors (Lipinski definition) is 0. The van der Waals surface area contributed by atoms with E-state index in [0.29, 0.717) is 17.1 Å². The Balaban J connectivity index is 2.09. The molecule has 0 spiro atoms. The summed E-state index contributed by atoms with van der Waals surface area (Å²) >= 11 is 3.32. The zero-order chi connectivity index (χ0) is 12.7. The van der Waals surface area contributed by atoms with Gasteiger partial charge in [0.1, 0.15) is 5.82 Å². The third-order valence-corrected chi connectivity index (χ3v) is 3.35. The summed E-state index contributed by atoms with van der Waals surface area (Å²) in [6, 6.07) is 11.1. The fraction of sp³-hybridized carbons (Fsp3) is 0. The van der Waals surface area contributed by atoms with Gasteiger partial charge in [0.25, 0.3) is 5.91 Å². The van der Waals surface area contributed by atoms with E-state index in [1.807, 2.05) is 30.3 Å². The highest BCUT2D eigenvalue weighted by molar-refractivity contribution is 9.10. The summed E-state index contributed by atoms with van der Waals surface area (Å²) in [7, 11) is 0. The Kier molecular flexibility index (Phi) is 2.52. The molecular weight excluding hydrogens is 292 g/mol. The summed E-state index contributed by atoms with van der Waals surface area (Å²) in [4.78, 5) is 18.1. The molecule has 0 saturated carbocycles. The molecule has 2 heterocycles. The van der Waals surface area contributed by atoms with Gasteiger partial charge < -0.3 is 0 Å². The van der Waals surface area contributed by atoms with E-state index < -0.39 is 0 Å². The smallest absolute Gasteiger partial charge is 0.264 e. The number of carbonyl (C=O) groups excluding carboxylic acids is 1. The zero-order valence-corrected chi connectivity index (χ0v) is 11.0. The molecule has 18 heavy (non-hydrogen) atoms. The first-order valence-corrected chi connectivity index (χ1v) is 6.22. The first kappa shape index (κ1) is 11.2. The molecule has 0 bridgehead atoms. The molecule has 88 valence electrons. The Hall–Kier alpha value is -1.94. The van der Waals surface area contributed by atoms with E-state index in [1.54, 1.807) is 12.3 Å². The molecule has 3 rings (SSSR count). The number of pyridine rings is 1. The lowest BCUT2D eigenvalue weighted by Gasteiger charge is -2.15. The Labute approximate surface area is 113 Å². The van der Waals surface area contributed by atoms with E-state index >= 15 is 0 Å². The van der Waals surface area contributed by atoms with E-state index in [2.05, 4.69) is 27.5 Å². The Bertz CT molecular complexity index is 614. The highest BCUT2D eigenvalue weighted by atomic mass is 79.9. The van der Waals surface area contributed by atoms with E-state index in [-0.39, 0.29) is 5.91 Å². The summed E-state index contributed by atoms with van der Waals surface area (Å²) in [5.41, 5.74) is 2.21. The van der Waals surface area contributed by atoms with Gasteiger partial charge in [-0.1, -0.05) is 24.8 Å². The van der Waals surface area contributed by atoms with Crippen molar-refractivity contribution < 1.29 is 4.79 Å². The van der Waals surface area contributed by atoms with Gasteiger partial charge in [-0.3, -0.25) is 9.69 Å². The number of carbonyl (C=O) groups is 1. The van der Waals surface area contributed by atoms with Gasteiger partial charge in [-0.15, -0.1) is 0 Å². The van der Waals surface area contributed by atoms with E-state index in [4.69, 9.17) is 0 Å². The zero-order valence-electron chi connectivity index (χ0n) is 9.43. The molecule has 0 unspecified atom stereocenters. The van der Waals surface area contributed by atoms with Crippen LogP contribution in [0.25, 0.3) is 5.70 Å². The molecule has 4 heteroatoms. The second kappa shape index (κ2) is 4.07. The monoisotopic (exact) mass is 300 g/mol. The van der Waals surface area contributed by atoms with E-state index in [0.717, 1.165) is 10.0 Å². The number of nitrogens with zero attached hydrogens (tertiary/aromatic N) is 2. The molecule has 0 N–H and O–H groups in total. The van der Waals surface area contributed by atoms with Crippen LogP contribution in [0.1, 0.15) is 15.9 Å². The number of amides is 1. The van der Waals surface area contributed by atoms with Crippen molar-refractivity contribution in [3.8, 4) is 0 Å². The number of halogens is 1. The van der Waals surface area contributed by atoms with Gasteiger partial charge in [-0.2, -0.15) is 0 Å². The van der Waals surface area contributed by atoms with Crippen LogP contribution < -0.4 is 4.90 Å². The average Bonchev–Trinajstić information content (AvgIpc) is 2.64. The molecule has 1 aliphatic heterocycles. The van der Waals surface area contributed by atoms with Crippen molar-refractivity contribution in [2.75, 3.05) is 4.90 Å². The first-order valence-electron chi connectivity index (χ1n) is 5.43. The highest BCUT2D eigenvalue weighted by Crippen LogP contribution is 2.34. The molecule has 0 fully saturated rings. The van der Waals surface area contributed by atoms with Crippen molar-refractivity contribution in [3.05, 3.63) is 64.8 Å². The first-order chi connectivity index (χ1) is 8.68. The predicted octanol–water partition coefficient (Wildman–Crippen LogP) is 3.48. The molecule has 1 aromatic carbocycles. The van der Waals surface area contributed by atoms with E-state index in [1.165, 1.54) is 4.90 Å². The van der Waals surface area contributed by atoms with Crippen LogP contribution in [-0.2, 0) is 0 Å². The topological polar surface area (TPSA) is 33.2 Å². The maximum Gasteiger partial charge on any atom is 0.264 e. The Morgan fingerprint density at radius 3 is 2.44 bits per heavy atom. The quantitative estimate of drug-likeness (QED) is 0.808. The lowest BCUT2D eigenvalue weighted by atomic mass is 10.1. The van der Waals surface area contributed by atoms with Gasteiger partial charge in [0.15, 0.2) is 0 Å². The summed E-state index contributed by atoms with van der Waals surface area (Å²) < 4.78 is 0.876. The second-order valence-corrected chi connectivity index (χ2v) is 4.88. The minimum absolute atomic E-state index is 0.0783. The fourth-order valence-corrected chi connectivity index (χ4v) is 2.26.